The molecule has 144 valence electrons. The van der Waals surface area contributed by atoms with Crippen LogP contribution in [0.25, 0.3) is 17.4 Å². The molecule has 0 bridgehead atoms. The molecule has 1 aromatic heterocycles. The van der Waals surface area contributed by atoms with Gasteiger partial charge in [-0.1, -0.05) is 28.1 Å². The molecule has 1 saturated heterocycles. The molecule has 3 aromatic rings. The van der Waals surface area contributed by atoms with Crippen molar-refractivity contribution in [2.75, 3.05) is 4.90 Å². The van der Waals surface area contributed by atoms with E-state index in [0.717, 1.165) is 9.37 Å². The number of nitrogens with zero attached hydrogens (tertiary/aromatic N) is 1. The van der Waals surface area contributed by atoms with E-state index < -0.39 is 17.9 Å². The number of nitrogens with one attached hydrogen (secondary N) is 1. The van der Waals surface area contributed by atoms with Gasteiger partial charge >= 0.3 is 12.0 Å². The summed E-state index contributed by atoms with van der Waals surface area (Å²) in [5, 5.41) is 11.7. The molecule has 7 nitrogen and oxygen atoms in total. The second kappa shape index (κ2) is 7.40. The molecular weight excluding hydrogens is 440 g/mol. The topological polar surface area (TPSA) is 99.9 Å². The molecule has 2 N–H and O–H groups in total. The lowest BCUT2D eigenvalue weighted by Gasteiger charge is -2.11. The van der Waals surface area contributed by atoms with Crippen LogP contribution in [0.4, 0.5) is 10.5 Å². The number of imide groups is 1. The summed E-state index contributed by atoms with van der Waals surface area (Å²) < 4.78 is 6.54. The first kappa shape index (κ1) is 18.7. The van der Waals surface area contributed by atoms with Crippen molar-refractivity contribution < 1.29 is 23.9 Å². The van der Waals surface area contributed by atoms with E-state index in [2.05, 4.69) is 21.2 Å². The van der Waals surface area contributed by atoms with Crippen LogP contribution < -0.4 is 10.2 Å². The predicted octanol–water partition coefficient (Wildman–Crippen LogP) is 4.50. The van der Waals surface area contributed by atoms with Crippen LogP contribution in [0.3, 0.4) is 0 Å². The van der Waals surface area contributed by atoms with Gasteiger partial charge in [0.1, 0.15) is 17.2 Å². The van der Waals surface area contributed by atoms with Gasteiger partial charge in [0, 0.05) is 16.1 Å². The second-order valence-corrected chi connectivity index (χ2v) is 7.11. The molecule has 0 atom stereocenters. The summed E-state index contributed by atoms with van der Waals surface area (Å²) in [6.45, 7) is 0. The van der Waals surface area contributed by atoms with Crippen LogP contribution >= 0.6 is 15.9 Å². The van der Waals surface area contributed by atoms with E-state index in [0.29, 0.717) is 22.8 Å². The van der Waals surface area contributed by atoms with Crippen molar-refractivity contribution in [3.05, 3.63) is 82.2 Å². The van der Waals surface area contributed by atoms with Crippen molar-refractivity contribution in [3.8, 4) is 11.3 Å². The summed E-state index contributed by atoms with van der Waals surface area (Å²) in [4.78, 5) is 37.1. The number of carboxylic acid groups (broad SMARTS) is 1. The Morgan fingerprint density at radius 2 is 1.83 bits per heavy atom. The summed E-state index contributed by atoms with van der Waals surface area (Å²) in [6.07, 6.45) is 1.43. The smallest absolute Gasteiger partial charge is 0.335 e. The van der Waals surface area contributed by atoms with Gasteiger partial charge < -0.3 is 14.8 Å². The van der Waals surface area contributed by atoms with E-state index >= 15 is 0 Å². The van der Waals surface area contributed by atoms with Gasteiger partial charge in [-0.3, -0.25) is 4.79 Å². The molecule has 0 spiro atoms. The minimum Gasteiger partial charge on any atom is -0.478 e. The monoisotopic (exact) mass is 452 g/mol. The van der Waals surface area contributed by atoms with E-state index in [1.165, 1.54) is 18.2 Å². The Balaban J connectivity index is 1.60. The summed E-state index contributed by atoms with van der Waals surface area (Å²) in [5.41, 5.74) is 1.26. The van der Waals surface area contributed by atoms with E-state index in [9.17, 15) is 14.4 Å². The fourth-order valence-electron chi connectivity index (χ4n) is 2.89. The fraction of sp³-hybridized carbons (Fsp3) is 0. The number of benzene rings is 2. The highest BCUT2D eigenvalue weighted by atomic mass is 79.9. The quantitative estimate of drug-likeness (QED) is 0.448. The molecule has 4 rings (SSSR count). The minimum atomic E-state index is -1.03. The Labute approximate surface area is 173 Å². The van der Waals surface area contributed by atoms with Crippen LogP contribution in [-0.4, -0.2) is 23.0 Å². The van der Waals surface area contributed by atoms with Crippen molar-refractivity contribution in [2.24, 2.45) is 0 Å². The number of rotatable bonds is 4. The summed E-state index contributed by atoms with van der Waals surface area (Å²) >= 11 is 3.31. The van der Waals surface area contributed by atoms with Crippen LogP contribution in [0.15, 0.2) is 75.3 Å². The molecular formula is C21H13BrN2O5. The Bertz CT molecular complexity index is 1160. The highest BCUT2D eigenvalue weighted by molar-refractivity contribution is 9.10. The van der Waals surface area contributed by atoms with Gasteiger partial charge in [-0.15, -0.1) is 0 Å². The van der Waals surface area contributed by atoms with Crippen molar-refractivity contribution in [1.29, 1.82) is 0 Å². The first-order valence-corrected chi connectivity index (χ1v) is 9.28. The molecule has 29 heavy (non-hydrogen) atoms. The lowest BCUT2D eigenvalue weighted by atomic mass is 10.1. The zero-order valence-electron chi connectivity index (χ0n) is 14.8. The maximum absolute atomic E-state index is 12.7. The SMILES string of the molecule is O=C(O)c1cccc(-c2ccc(/C=C3/NC(=O)N(c4ccc(Br)cc4)C3=O)o2)c1. The van der Waals surface area contributed by atoms with E-state index in [-0.39, 0.29) is 11.3 Å². The molecule has 1 fully saturated rings. The number of halogens is 1. The average molecular weight is 453 g/mol. The number of hydrogen-bond acceptors (Lipinski definition) is 4. The molecule has 0 radical (unpaired) electrons. The maximum atomic E-state index is 12.7. The molecule has 2 aromatic carbocycles. The standard InChI is InChI=1S/C21H13BrN2O5/c22-14-4-6-15(7-5-14)24-19(25)17(23-21(24)28)11-16-8-9-18(29-16)12-2-1-3-13(10-12)20(26)27/h1-11H,(H,23,28)(H,26,27)/b17-11+. The molecule has 1 aliphatic heterocycles. The minimum absolute atomic E-state index is 0.0816. The zero-order valence-corrected chi connectivity index (χ0v) is 16.3. The van der Waals surface area contributed by atoms with Gasteiger partial charge in [0.15, 0.2) is 0 Å². The summed E-state index contributed by atoms with van der Waals surface area (Å²) in [6, 6.07) is 15.9. The third-order valence-corrected chi connectivity index (χ3v) is 4.80. The number of aromatic carboxylic acids is 1. The van der Waals surface area contributed by atoms with Crippen LogP contribution in [0.1, 0.15) is 16.1 Å². The Hall–Kier alpha value is -3.65. The van der Waals surface area contributed by atoms with Crippen LogP contribution in [-0.2, 0) is 4.79 Å². The third kappa shape index (κ3) is 3.70. The number of carbonyl (C=O) groups excluding carboxylic acids is 2. The van der Waals surface area contributed by atoms with Crippen molar-refractivity contribution in [1.82, 2.24) is 5.32 Å². The predicted molar refractivity (Wildman–Crippen MR) is 109 cm³/mol. The second-order valence-electron chi connectivity index (χ2n) is 6.19. The highest BCUT2D eigenvalue weighted by Crippen LogP contribution is 2.27. The normalized spacial score (nSPS) is 15.1. The van der Waals surface area contributed by atoms with Crippen LogP contribution in [0, 0.1) is 0 Å². The lowest BCUT2D eigenvalue weighted by molar-refractivity contribution is -0.113. The van der Waals surface area contributed by atoms with E-state index in [1.54, 1.807) is 48.5 Å². The molecule has 3 amide bonds. The van der Waals surface area contributed by atoms with Gasteiger partial charge in [0.05, 0.1) is 11.3 Å². The Morgan fingerprint density at radius 1 is 1.07 bits per heavy atom. The Morgan fingerprint density at radius 3 is 2.55 bits per heavy atom. The van der Waals surface area contributed by atoms with Gasteiger partial charge in [-0.05, 0) is 48.5 Å². The lowest BCUT2D eigenvalue weighted by Crippen LogP contribution is -2.30. The largest absolute Gasteiger partial charge is 0.478 e. The first-order valence-electron chi connectivity index (χ1n) is 8.48. The first-order chi connectivity index (χ1) is 13.9. The van der Waals surface area contributed by atoms with Crippen LogP contribution in [0.5, 0.6) is 0 Å². The summed E-state index contributed by atoms with van der Waals surface area (Å²) in [7, 11) is 0. The molecule has 2 heterocycles. The van der Waals surface area contributed by atoms with Gasteiger partial charge in [0.25, 0.3) is 5.91 Å². The van der Waals surface area contributed by atoms with Gasteiger partial charge in [-0.2, -0.15) is 0 Å². The number of anilines is 1. The van der Waals surface area contributed by atoms with Crippen molar-refractivity contribution in [3.63, 3.8) is 0 Å². The Kier molecular flexibility index (Phi) is 4.77. The molecule has 0 unspecified atom stereocenters. The van der Waals surface area contributed by atoms with Gasteiger partial charge in [-0.25, -0.2) is 14.5 Å². The number of carbonyl (C=O) groups is 3. The zero-order chi connectivity index (χ0) is 20.5. The molecule has 8 heteroatoms. The molecule has 0 aliphatic carbocycles. The molecule has 1 aliphatic rings. The molecule has 0 saturated carbocycles. The number of carboxylic acids is 1. The van der Waals surface area contributed by atoms with E-state index in [4.69, 9.17) is 9.52 Å². The van der Waals surface area contributed by atoms with Crippen molar-refractivity contribution in [2.45, 2.75) is 0 Å². The maximum Gasteiger partial charge on any atom is 0.335 e. The van der Waals surface area contributed by atoms with Gasteiger partial charge in [0.2, 0.25) is 0 Å². The average Bonchev–Trinajstić information content (AvgIpc) is 3.28. The highest BCUT2D eigenvalue weighted by Gasteiger charge is 2.35. The number of furan rings is 1. The fourth-order valence-corrected chi connectivity index (χ4v) is 3.16. The number of amides is 3. The number of hydrogen-bond donors (Lipinski definition) is 2. The van der Waals surface area contributed by atoms with E-state index in [1.807, 2.05) is 0 Å². The summed E-state index contributed by atoms with van der Waals surface area (Å²) in [5.74, 6) is -0.736. The number of urea groups is 1. The van der Waals surface area contributed by atoms with Crippen molar-refractivity contribution >= 4 is 45.6 Å². The van der Waals surface area contributed by atoms with Crippen LogP contribution in [0.2, 0.25) is 0 Å². The third-order valence-electron chi connectivity index (χ3n) is 4.27.